The van der Waals surface area contributed by atoms with Crippen molar-refractivity contribution in [1.29, 1.82) is 0 Å². The van der Waals surface area contributed by atoms with E-state index < -0.39 is 0 Å². The molecule has 6 nitrogen and oxygen atoms in total. The molecule has 0 saturated carbocycles. The van der Waals surface area contributed by atoms with Gasteiger partial charge in [-0.3, -0.25) is 14.2 Å². The topological polar surface area (TPSA) is 73.2 Å². The van der Waals surface area contributed by atoms with Gasteiger partial charge in [-0.2, -0.15) is 0 Å². The third-order valence-corrected chi connectivity index (χ3v) is 6.43. The maximum absolute atomic E-state index is 13.0. The molecule has 1 aliphatic rings. The highest BCUT2D eigenvalue weighted by Crippen LogP contribution is 2.35. The lowest BCUT2D eigenvalue weighted by molar-refractivity contribution is -0.121. The number of aryl methyl sites for hydroxylation is 1. The van der Waals surface area contributed by atoms with Crippen LogP contribution in [0.5, 0.6) is 5.75 Å². The van der Waals surface area contributed by atoms with Crippen molar-refractivity contribution in [2.75, 3.05) is 7.11 Å². The number of hydrogen-bond donors (Lipinski definition) is 1. The van der Waals surface area contributed by atoms with Crippen LogP contribution in [0, 0.1) is 5.92 Å². The smallest absolute Gasteiger partial charge is 0.262 e. The van der Waals surface area contributed by atoms with Crippen LogP contribution in [0.4, 0.5) is 0 Å². The first-order valence-corrected chi connectivity index (χ1v) is 10.3. The summed E-state index contributed by atoms with van der Waals surface area (Å²) in [6.45, 7) is 2.54. The minimum Gasteiger partial charge on any atom is -0.496 e. The summed E-state index contributed by atoms with van der Waals surface area (Å²) in [5.74, 6) is 1.14. The van der Waals surface area contributed by atoms with Gasteiger partial charge in [0.25, 0.3) is 5.56 Å². The van der Waals surface area contributed by atoms with Crippen LogP contribution in [-0.4, -0.2) is 22.6 Å². The van der Waals surface area contributed by atoms with Crippen molar-refractivity contribution < 1.29 is 9.53 Å². The second kappa shape index (κ2) is 7.75. The highest BCUT2D eigenvalue weighted by molar-refractivity contribution is 7.18. The summed E-state index contributed by atoms with van der Waals surface area (Å²) in [6, 6.07) is 7.53. The van der Waals surface area contributed by atoms with Crippen LogP contribution in [-0.2, 0) is 30.7 Å². The molecule has 0 bridgehead atoms. The number of methoxy groups -OCH3 is 1. The number of nitrogens with one attached hydrogen (secondary N) is 1. The summed E-state index contributed by atoms with van der Waals surface area (Å²) in [7, 11) is 1.60. The Hall–Kier alpha value is -2.67. The third-order valence-electron chi connectivity index (χ3n) is 5.26. The van der Waals surface area contributed by atoms with Crippen LogP contribution in [0.1, 0.15) is 29.3 Å². The van der Waals surface area contributed by atoms with Gasteiger partial charge in [0, 0.05) is 17.0 Å². The number of nitrogens with zero attached hydrogens (tertiary/aromatic N) is 2. The molecule has 1 aliphatic carbocycles. The van der Waals surface area contributed by atoms with Gasteiger partial charge in [-0.15, -0.1) is 11.3 Å². The lowest BCUT2D eigenvalue weighted by Gasteiger charge is -2.17. The fourth-order valence-corrected chi connectivity index (χ4v) is 5.07. The molecular weight excluding hydrogens is 374 g/mol. The zero-order valence-corrected chi connectivity index (χ0v) is 16.8. The zero-order chi connectivity index (χ0) is 19.7. The third kappa shape index (κ3) is 3.54. The molecule has 1 N–H and O–H groups in total. The number of carbonyl (C=O) groups is 1. The van der Waals surface area contributed by atoms with E-state index in [9.17, 15) is 9.59 Å². The fourth-order valence-electron chi connectivity index (χ4n) is 3.73. The van der Waals surface area contributed by atoms with Crippen molar-refractivity contribution in [2.24, 2.45) is 5.92 Å². The molecule has 3 aromatic rings. The van der Waals surface area contributed by atoms with Gasteiger partial charge >= 0.3 is 0 Å². The highest BCUT2D eigenvalue weighted by Gasteiger charge is 2.23. The summed E-state index contributed by atoms with van der Waals surface area (Å²) in [5.41, 5.74) is 1.91. The normalized spacial score (nSPS) is 16.0. The van der Waals surface area contributed by atoms with Gasteiger partial charge in [-0.05, 0) is 36.8 Å². The Morgan fingerprint density at radius 1 is 1.39 bits per heavy atom. The molecule has 146 valence electrons. The predicted octanol–water partition coefficient (Wildman–Crippen LogP) is 2.91. The molecule has 1 aromatic carbocycles. The van der Waals surface area contributed by atoms with E-state index in [4.69, 9.17) is 4.74 Å². The van der Waals surface area contributed by atoms with E-state index in [1.165, 1.54) is 15.8 Å². The number of carbonyl (C=O) groups excluding carboxylic acids is 1. The first kappa shape index (κ1) is 18.7. The monoisotopic (exact) mass is 397 g/mol. The molecule has 0 saturated heterocycles. The van der Waals surface area contributed by atoms with E-state index in [1.807, 2.05) is 24.3 Å². The number of amides is 1. The molecule has 1 atom stereocenters. The van der Waals surface area contributed by atoms with Gasteiger partial charge in [-0.1, -0.05) is 25.1 Å². The van der Waals surface area contributed by atoms with Gasteiger partial charge in [0.05, 0.1) is 18.8 Å². The van der Waals surface area contributed by atoms with Crippen molar-refractivity contribution in [3.8, 4) is 5.75 Å². The first-order valence-electron chi connectivity index (χ1n) is 9.45. The summed E-state index contributed by atoms with van der Waals surface area (Å²) in [5, 5.41) is 3.56. The minimum atomic E-state index is -0.230. The molecule has 7 heteroatoms. The Balaban J connectivity index is 1.52. The highest BCUT2D eigenvalue weighted by atomic mass is 32.1. The summed E-state index contributed by atoms with van der Waals surface area (Å²) < 4.78 is 6.71. The van der Waals surface area contributed by atoms with Crippen LogP contribution < -0.4 is 15.6 Å². The Kier molecular flexibility index (Phi) is 5.17. The number of hydrogen-bond acceptors (Lipinski definition) is 5. The van der Waals surface area contributed by atoms with Crippen molar-refractivity contribution in [3.05, 3.63) is 57.0 Å². The van der Waals surface area contributed by atoms with E-state index in [0.29, 0.717) is 17.8 Å². The minimum absolute atomic E-state index is 0.0437. The Morgan fingerprint density at radius 2 is 2.21 bits per heavy atom. The molecule has 2 aromatic heterocycles. The second-order valence-corrected chi connectivity index (χ2v) is 8.38. The van der Waals surface area contributed by atoms with Gasteiger partial charge in [-0.25, -0.2) is 4.98 Å². The molecule has 0 unspecified atom stereocenters. The van der Waals surface area contributed by atoms with E-state index in [2.05, 4.69) is 17.2 Å². The Labute approximate surface area is 167 Å². The van der Waals surface area contributed by atoms with E-state index in [1.54, 1.807) is 18.4 Å². The number of thiophene rings is 1. The maximum atomic E-state index is 13.0. The average molecular weight is 398 g/mol. The summed E-state index contributed by atoms with van der Waals surface area (Å²) in [6.07, 6.45) is 4.50. The van der Waals surface area contributed by atoms with Gasteiger partial charge in [0.15, 0.2) is 0 Å². The van der Waals surface area contributed by atoms with Crippen LogP contribution in [0.2, 0.25) is 0 Å². The summed E-state index contributed by atoms with van der Waals surface area (Å²) >= 11 is 1.62. The van der Waals surface area contributed by atoms with Crippen LogP contribution in [0.15, 0.2) is 35.4 Å². The SMILES string of the molecule is COc1ccccc1CNC(=O)Cn1cnc2sc3c(c2c1=O)CC[C@@H](C)C3. The van der Waals surface area contributed by atoms with Crippen molar-refractivity contribution in [1.82, 2.24) is 14.9 Å². The number of ether oxygens (including phenoxy) is 1. The molecule has 4 rings (SSSR count). The Bertz CT molecular complexity index is 1090. The number of rotatable bonds is 5. The lowest BCUT2D eigenvalue weighted by atomic mass is 9.89. The molecule has 1 amide bonds. The molecule has 0 aliphatic heterocycles. The summed E-state index contributed by atoms with van der Waals surface area (Å²) in [4.78, 5) is 31.9. The maximum Gasteiger partial charge on any atom is 0.262 e. The molecular formula is C21H23N3O3S. The molecule has 2 heterocycles. The number of para-hydroxylation sites is 1. The van der Waals surface area contributed by atoms with Gasteiger partial charge in [0.2, 0.25) is 5.91 Å². The standard InChI is InChI=1S/C21H23N3O3S/c1-13-7-8-15-17(9-13)28-20-19(15)21(26)24(12-23-20)11-18(25)22-10-14-5-3-4-6-16(14)27-2/h3-6,12-13H,7-11H2,1-2H3,(H,22,25)/t13-/m1/s1. The molecule has 0 radical (unpaired) electrons. The van der Waals surface area contributed by atoms with Crippen molar-refractivity contribution in [3.63, 3.8) is 0 Å². The van der Waals surface area contributed by atoms with E-state index in [-0.39, 0.29) is 18.0 Å². The molecule has 0 fully saturated rings. The average Bonchev–Trinajstić information content (AvgIpc) is 3.07. The number of benzene rings is 1. The van der Waals surface area contributed by atoms with Gasteiger partial charge < -0.3 is 10.1 Å². The number of fused-ring (bicyclic) bond motifs is 3. The van der Waals surface area contributed by atoms with Crippen LogP contribution in [0.25, 0.3) is 10.2 Å². The zero-order valence-electron chi connectivity index (χ0n) is 16.0. The van der Waals surface area contributed by atoms with Crippen molar-refractivity contribution >= 4 is 27.5 Å². The largest absolute Gasteiger partial charge is 0.496 e. The van der Waals surface area contributed by atoms with Crippen LogP contribution in [0.3, 0.4) is 0 Å². The van der Waals surface area contributed by atoms with Gasteiger partial charge in [0.1, 0.15) is 17.1 Å². The molecule has 0 spiro atoms. The van der Waals surface area contributed by atoms with Crippen molar-refractivity contribution in [2.45, 2.75) is 39.3 Å². The lowest BCUT2D eigenvalue weighted by Crippen LogP contribution is -2.32. The quantitative estimate of drug-likeness (QED) is 0.718. The van der Waals surface area contributed by atoms with E-state index in [0.717, 1.165) is 41.0 Å². The van der Waals surface area contributed by atoms with Crippen LogP contribution >= 0.6 is 11.3 Å². The molecule has 28 heavy (non-hydrogen) atoms. The first-order chi connectivity index (χ1) is 13.6. The number of aromatic nitrogens is 2. The fraction of sp³-hybridized carbons (Fsp3) is 0.381. The predicted molar refractivity (Wildman–Crippen MR) is 110 cm³/mol. The Morgan fingerprint density at radius 3 is 3.04 bits per heavy atom. The second-order valence-electron chi connectivity index (χ2n) is 7.30. The van der Waals surface area contributed by atoms with E-state index >= 15 is 0 Å².